The Balaban J connectivity index is 1.71. The number of rotatable bonds is 9. The summed E-state index contributed by atoms with van der Waals surface area (Å²) in [7, 11) is 0. The van der Waals surface area contributed by atoms with Crippen LogP contribution in [0.1, 0.15) is 36.4 Å². The Labute approximate surface area is 193 Å². The van der Waals surface area contributed by atoms with Gasteiger partial charge in [0.25, 0.3) is 5.69 Å². The molecule has 0 fully saturated rings. The average molecular weight is 448 g/mol. The van der Waals surface area contributed by atoms with E-state index in [-0.39, 0.29) is 12.1 Å². The van der Waals surface area contributed by atoms with Crippen LogP contribution in [0, 0.1) is 24.0 Å². The Bertz CT molecular complexity index is 1160. The Kier molecular flexibility index (Phi) is 7.61. The molecule has 0 unspecified atom stereocenters. The summed E-state index contributed by atoms with van der Waals surface area (Å²) < 4.78 is 2.14. The number of nitro groups is 1. The molecule has 0 aliphatic heterocycles. The average Bonchev–Trinajstić information content (AvgIpc) is 3.08. The van der Waals surface area contributed by atoms with Crippen LogP contribution >= 0.6 is 0 Å². The summed E-state index contributed by atoms with van der Waals surface area (Å²) in [6.45, 7) is 10.2. The van der Waals surface area contributed by atoms with E-state index in [0.717, 1.165) is 35.7 Å². The van der Waals surface area contributed by atoms with Crippen LogP contribution < -0.4 is 10.3 Å². The fourth-order valence-corrected chi connectivity index (χ4v) is 3.94. The molecule has 0 saturated heterocycles. The maximum absolute atomic E-state index is 12.2. The summed E-state index contributed by atoms with van der Waals surface area (Å²) in [6, 6.07) is 16.6. The van der Waals surface area contributed by atoms with Crippen molar-refractivity contribution in [2.75, 3.05) is 18.0 Å². The van der Waals surface area contributed by atoms with Gasteiger partial charge in [-0.25, -0.2) is 5.43 Å². The maximum atomic E-state index is 12.2. The van der Waals surface area contributed by atoms with Gasteiger partial charge in [0, 0.05) is 53.0 Å². The zero-order chi connectivity index (χ0) is 24.0. The first-order chi connectivity index (χ1) is 15.8. The van der Waals surface area contributed by atoms with Gasteiger partial charge in [0.15, 0.2) is 0 Å². The summed E-state index contributed by atoms with van der Waals surface area (Å²) in [5.41, 5.74) is 7.92. The van der Waals surface area contributed by atoms with Crippen LogP contribution in [0.2, 0.25) is 0 Å². The predicted molar refractivity (Wildman–Crippen MR) is 131 cm³/mol. The van der Waals surface area contributed by atoms with E-state index in [1.165, 1.54) is 11.8 Å². The van der Waals surface area contributed by atoms with E-state index in [0.29, 0.717) is 5.56 Å². The lowest BCUT2D eigenvalue weighted by Gasteiger charge is -2.21. The van der Waals surface area contributed by atoms with Crippen molar-refractivity contribution >= 4 is 23.5 Å². The second kappa shape index (κ2) is 10.6. The molecule has 0 radical (unpaired) electrons. The van der Waals surface area contributed by atoms with Gasteiger partial charge in [-0.05, 0) is 58.0 Å². The smallest absolute Gasteiger partial charge is 0.273 e. The zero-order valence-corrected chi connectivity index (χ0v) is 19.4. The number of hydrazone groups is 1. The molecule has 8 nitrogen and oxygen atoms in total. The van der Waals surface area contributed by atoms with E-state index in [9.17, 15) is 14.9 Å². The Hall–Kier alpha value is -3.94. The molecule has 33 heavy (non-hydrogen) atoms. The quantitative estimate of drug-likeness (QED) is 0.296. The molecule has 3 aromatic rings. The third-order valence-electron chi connectivity index (χ3n) is 5.64. The number of amides is 1. The van der Waals surface area contributed by atoms with Crippen molar-refractivity contribution in [3.63, 3.8) is 0 Å². The van der Waals surface area contributed by atoms with Gasteiger partial charge in [-0.3, -0.25) is 14.9 Å². The monoisotopic (exact) mass is 447 g/mol. The number of hydrogen-bond acceptors (Lipinski definition) is 5. The molecule has 0 bridgehead atoms. The molecule has 1 heterocycles. The van der Waals surface area contributed by atoms with E-state index < -0.39 is 10.8 Å². The van der Waals surface area contributed by atoms with Crippen molar-refractivity contribution in [1.29, 1.82) is 0 Å². The van der Waals surface area contributed by atoms with Crippen molar-refractivity contribution in [3.05, 3.63) is 87.2 Å². The first-order valence-corrected chi connectivity index (χ1v) is 10.9. The maximum Gasteiger partial charge on any atom is 0.273 e. The van der Waals surface area contributed by atoms with Gasteiger partial charge in [-0.1, -0.05) is 18.2 Å². The van der Waals surface area contributed by atoms with Crippen LogP contribution in [0.5, 0.6) is 0 Å². The van der Waals surface area contributed by atoms with Crippen LogP contribution in [0.3, 0.4) is 0 Å². The summed E-state index contributed by atoms with van der Waals surface area (Å²) in [5.74, 6) is -0.415. The summed E-state index contributed by atoms with van der Waals surface area (Å²) in [5, 5.41) is 15.2. The van der Waals surface area contributed by atoms with Crippen molar-refractivity contribution in [3.8, 4) is 5.69 Å². The molecule has 0 aliphatic carbocycles. The predicted octanol–water partition coefficient (Wildman–Crippen LogP) is 4.54. The minimum atomic E-state index is -0.491. The highest BCUT2D eigenvalue weighted by atomic mass is 16.6. The van der Waals surface area contributed by atoms with Crippen molar-refractivity contribution in [2.24, 2.45) is 5.10 Å². The number of nitrogens with zero attached hydrogens (tertiary/aromatic N) is 4. The molecule has 172 valence electrons. The number of nitro benzene ring substituents is 1. The zero-order valence-electron chi connectivity index (χ0n) is 19.4. The molecule has 1 aromatic heterocycles. The number of nitrogens with one attached hydrogen (secondary N) is 1. The SMILES string of the molecule is CCN(CC)c1ccc(-n2c(C)cc(C=NNC(=O)Cc3ccccc3[N+](=O)[O-])c2C)cc1. The molecular formula is C25H29N5O3. The third kappa shape index (κ3) is 5.46. The standard InChI is InChI=1S/C25H29N5O3/c1-5-28(6-2)22-11-13-23(14-12-22)29-18(3)15-21(19(29)4)17-26-27-25(31)16-20-9-7-8-10-24(20)30(32)33/h7-15,17H,5-6,16H2,1-4H3,(H,27,31). The fourth-order valence-electron chi connectivity index (χ4n) is 3.94. The number of anilines is 1. The molecule has 0 atom stereocenters. The van der Waals surface area contributed by atoms with E-state index in [1.807, 2.05) is 19.9 Å². The minimum absolute atomic E-state index is 0.0767. The Morgan fingerprint density at radius 3 is 2.42 bits per heavy atom. The fraction of sp³-hybridized carbons (Fsp3) is 0.280. The normalized spacial score (nSPS) is 11.0. The van der Waals surface area contributed by atoms with Gasteiger partial charge in [-0.15, -0.1) is 0 Å². The van der Waals surface area contributed by atoms with Crippen LogP contribution in [-0.4, -0.2) is 34.7 Å². The Morgan fingerprint density at radius 2 is 1.79 bits per heavy atom. The number of para-hydroxylation sites is 1. The van der Waals surface area contributed by atoms with E-state index in [1.54, 1.807) is 24.4 Å². The highest BCUT2D eigenvalue weighted by molar-refractivity contribution is 5.85. The Morgan fingerprint density at radius 1 is 1.12 bits per heavy atom. The van der Waals surface area contributed by atoms with Crippen molar-refractivity contribution in [1.82, 2.24) is 9.99 Å². The van der Waals surface area contributed by atoms with E-state index >= 15 is 0 Å². The van der Waals surface area contributed by atoms with Gasteiger partial charge in [0.1, 0.15) is 0 Å². The topological polar surface area (TPSA) is 92.8 Å². The lowest BCUT2D eigenvalue weighted by Crippen LogP contribution is -2.21. The van der Waals surface area contributed by atoms with Gasteiger partial charge in [-0.2, -0.15) is 5.10 Å². The van der Waals surface area contributed by atoms with Crippen molar-refractivity contribution < 1.29 is 9.72 Å². The largest absolute Gasteiger partial charge is 0.372 e. The number of hydrogen-bond donors (Lipinski definition) is 1. The van der Waals surface area contributed by atoms with Gasteiger partial charge in [0.05, 0.1) is 17.6 Å². The number of carbonyl (C=O) groups excluding carboxylic acids is 1. The highest BCUT2D eigenvalue weighted by Crippen LogP contribution is 2.23. The molecule has 0 aliphatic rings. The number of carbonyl (C=O) groups is 1. The second-order valence-electron chi connectivity index (χ2n) is 7.71. The highest BCUT2D eigenvalue weighted by Gasteiger charge is 2.15. The lowest BCUT2D eigenvalue weighted by molar-refractivity contribution is -0.385. The van der Waals surface area contributed by atoms with Crippen LogP contribution in [0.4, 0.5) is 11.4 Å². The number of benzene rings is 2. The van der Waals surface area contributed by atoms with Crippen LogP contribution in [-0.2, 0) is 11.2 Å². The molecule has 8 heteroatoms. The summed E-state index contributed by atoms with van der Waals surface area (Å²) in [6.07, 6.45) is 1.48. The van der Waals surface area contributed by atoms with Gasteiger partial charge >= 0.3 is 0 Å². The summed E-state index contributed by atoms with van der Waals surface area (Å²) >= 11 is 0. The first kappa shape index (κ1) is 23.7. The minimum Gasteiger partial charge on any atom is -0.372 e. The molecule has 1 N–H and O–H groups in total. The molecule has 2 aromatic carbocycles. The molecule has 3 rings (SSSR count). The van der Waals surface area contributed by atoms with Gasteiger partial charge < -0.3 is 9.47 Å². The van der Waals surface area contributed by atoms with Crippen molar-refractivity contribution in [2.45, 2.75) is 34.1 Å². The van der Waals surface area contributed by atoms with E-state index in [2.05, 4.69) is 58.1 Å². The second-order valence-corrected chi connectivity index (χ2v) is 7.71. The molecule has 0 spiro atoms. The summed E-state index contributed by atoms with van der Waals surface area (Å²) in [4.78, 5) is 25.2. The lowest BCUT2D eigenvalue weighted by atomic mass is 10.1. The number of aryl methyl sites for hydroxylation is 1. The van der Waals surface area contributed by atoms with Crippen LogP contribution in [0.25, 0.3) is 5.69 Å². The number of aromatic nitrogens is 1. The van der Waals surface area contributed by atoms with Gasteiger partial charge in [0.2, 0.25) is 5.91 Å². The van der Waals surface area contributed by atoms with Crippen LogP contribution in [0.15, 0.2) is 59.7 Å². The molecular weight excluding hydrogens is 418 g/mol. The third-order valence-corrected chi connectivity index (χ3v) is 5.64. The molecule has 0 saturated carbocycles. The first-order valence-electron chi connectivity index (χ1n) is 10.9. The van der Waals surface area contributed by atoms with E-state index in [4.69, 9.17) is 0 Å². The molecule has 1 amide bonds.